The first-order valence-electron chi connectivity index (χ1n) is 6.98. The zero-order valence-corrected chi connectivity index (χ0v) is 13.2. The fourth-order valence-electron chi connectivity index (χ4n) is 2.25. The number of rotatable bonds is 6. The maximum Gasteiger partial charge on any atom is 0.315 e. The lowest BCUT2D eigenvalue weighted by Gasteiger charge is -2.15. The molecule has 2 amide bonds. The van der Waals surface area contributed by atoms with Crippen LogP contribution in [0.2, 0.25) is 0 Å². The predicted molar refractivity (Wildman–Crippen MR) is 80.9 cm³/mol. The van der Waals surface area contributed by atoms with Crippen LogP contribution in [0.5, 0.6) is 0 Å². The van der Waals surface area contributed by atoms with Crippen molar-refractivity contribution < 1.29 is 27.9 Å². The molecule has 1 aromatic rings. The Labute approximate surface area is 136 Å². The molecule has 1 atom stereocenters. The zero-order valence-electron chi connectivity index (χ0n) is 12.4. The second-order valence-corrected chi connectivity index (χ2v) is 5.95. The molecule has 0 bridgehead atoms. The molecule has 1 unspecified atom stereocenters. The summed E-state index contributed by atoms with van der Waals surface area (Å²) in [7, 11) is 0. The Morgan fingerprint density at radius 1 is 1.30 bits per heavy atom. The Morgan fingerprint density at radius 3 is 2.57 bits per heavy atom. The number of anilines is 1. The van der Waals surface area contributed by atoms with Crippen LogP contribution in [-0.2, 0) is 19.1 Å². The van der Waals surface area contributed by atoms with E-state index in [-0.39, 0.29) is 30.2 Å². The smallest absolute Gasteiger partial charge is 0.315 e. The molecule has 1 saturated heterocycles. The molecule has 1 heterocycles. The van der Waals surface area contributed by atoms with E-state index in [4.69, 9.17) is 4.74 Å². The van der Waals surface area contributed by atoms with Crippen molar-refractivity contribution in [3.63, 3.8) is 0 Å². The van der Waals surface area contributed by atoms with Crippen molar-refractivity contribution in [2.24, 2.45) is 5.92 Å². The molecule has 1 fully saturated rings. The standard InChI is InChI=1S/C15H15F2NO4S/c1-2-22-14(20)8-23-7-9-3-13(19)18(15(9)21)12-5-10(16)4-11(17)6-12/h4-6,9H,2-3,7-8H2,1H3. The summed E-state index contributed by atoms with van der Waals surface area (Å²) in [6, 6.07) is 2.54. The van der Waals surface area contributed by atoms with Gasteiger partial charge in [0.2, 0.25) is 11.8 Å². The monoisotopic (exact) mass is 343 g/mol. The van der Waals surface area contributed by atoms with Gasteiger partial charge in [0.15, 0.2) is 0 Å². The second kappa shape index (κ2) is 7.54. The molecule has 8 heteroatoms. The van der Waals surface area contributed by atoms with Crippen molar-refractivity contribution >= 4 is 35.2 Å². The van der Waals surface area contributed by atoms with E-state index in [1.54, 1.807) is 6.92 Å². The average Bonchev–Trinajstić information content (AvgIpc) is 2.72. The Kier molecular flexibility index (Phi) is 5.70. The molecule has 0 spiro atoms. The van der Waals surface area contributed by atoms with Gasteiger partial charge in [-0.2, -0.15) is 0 Å². The topological polar surface area (TPSA) is 63.7 Å². The average molecular weight is 343 g/mol. The molecule has 0 aromatic heterocycles. The summed E-state index contributed by atoms with van der Waals surface area (Å²) < 4.78 is 31.3. The Morgan fingerprint density at radius 2 is 1.96 bits per heavy atom. The van der Waals surface area contributed by atoms with Crippen molar-refractivity contribution in [1.82, 2.24) is 0 Å². The van der Waals surface area contributed by atoms with Gasteiger partial charge in [-0.05, 0) is 19.1 Å². The summed E-state index contributed by atoms with van der Waals surface area (Å²) in [5, 5.41) is 0. The predicted octanol–water partition coefficient (Wildman–Crippen LogP) is 2.14. The lowest BCUT2D eigenvalue weighted by molar-refractivity contribution is -0.139. The van der Waals surface area contributed by atoms with Crippen LogP contribution in [0.3, 0.4) is 0 Å². The number of nitrogens with zero attached hydrogens (tertiary/aromatic N) is 1. The molecule has 0 N–H and O–H groups in total. The van der Waals surface area contributed by atoms with Crippen LogP contribution >= 0.6 is 11.8 Å². The third-order valence-electron chi connectivity index (χ3n) is 3.19. The number of benzene rings is 1. The van der Waals surface area contributed by atoms with E-state index in [9.17, 15) is 23.2 Å². The van der Waals surface area contributed by atoms with Gasteiger partial charge in [-0.25, -0.2) is 8.78 Å². The SMILES string of the molecule is CCOC(=O)CSCC1CC(=O)N(c2cc(F)cc(F)c2)C1=O. The number of carbonyl (C=O) groups excluding carboxylic acids is 3. The van der Waals surface area contributed by atoms with Crippen molar-refractivity contribution in [3.05, 3.63) is 29.8 Å². The number of ether oxygens (including phenoxy) is 1. The maximum atomic E-state index is 13.3. The summed E-state index contributed by atoms with van der Waals surface area (Å²) in [5.74, 6) is -3.41. The molecule has 2 rings (SSSR count). The van der Waals surface area contributed by atoms with E-state index in [0.29, 0.717) is 6.07 Å². The minimum absolute atomic E-state index is 0.0488. The van der Waals surface area contributed by atoms with Crippen LogP contribution in [0.25, 0.3) is 0 Å². The third-order valence-corrected chi connectivity index (χ3v) is 4.27. The van der Waals surface area contributed by atoms with E-state index in [0.717, 1.165) is 17.0 Å². The van der Waals surface area contributed by atoms with Gasteiger partial charge in [-0.1, -0.05) is 0 Å². The highest BCUT2D eigenvalue weighted by Gasteiger charge is 2.39. The van der Waals surface area contributed by atoms with Crippen LogP contribution in [-0.4, -0.2) is 35.9 Å². The van der Waals surface area contributed by atoms with Gasteiger partial charge in [0.25, 0.3) is 0 Å². The van der Waals surface area contributed by atoms with E-state index in [1.165, 1.54) is 11.8 Å². The van der Waals surface area contributed by atoms with Crippen LogP contribution in [0, 0.1) is 17.6 Å². The number of esters is 1. The fourth-order valence-corrected chi connectivity index (χ4v) is 3.16. The van der Waals surface area contributed by atoms with E-state index < -0.39 is 35.3 Å². The summed E-state index contributed by atoms with van der Waals surface area (Å²) in [4.78, 5) is 36.3. The van der Waals surface area contributed by atoms with Gasteiger partial charge in [-0.15, -0.1) is 11.8 Å². The van der Waals surface area contributed by atoms with Crippen molar-refractivity contribution in [1.29, 1.82) is 0 Å². The molecule has 5 nitrogen and oxygen atoms in total. The zero-order chi connectivity index (χ0) is 17.0. The number of hydrogen-bond donors (Lipinski definition) is 0. The number of thioether (sulfide) groups is 1. The van der Waals surface area contributed by atoms with Gasteiger partial charge in [0.05, 0.1) is 24.0 Å². The Bertz CT molecular complexity index is 618. The van der Waals surface area contributed by atoms with Crippen molar-refractivity contribution in [2.45, 2.75) is 13.3 Å². The Hall–Kier alpha value is -1.96. The summed E-state index contributed by atoms with van der Waals surface area (Å²) in [5.41, 5.74) is -0.115. The lowest BCUT2D eigenvalue weighted by atomic mass is 10.1. The number of halogens is 2. The number of carbonyl (C=O) groups is 3. The van der Waals surface area contributed by atoms with Crippen LogP contribution in [0.1, 0.15) is 13.3 Å². The fraction of sp³-hybridized carbons (Fsp3) is 0.400. The molecule has 0 aliphatic carbocycles. The summed E-state index contributed by atoms with van der Waals surface area (Å²) in [6.45, 7) is 1.97. The first-order valence-corrected chi connectivity index (χ1v) is 8.14. The van der Waals surface area contributed by atoms with Crippen LogP contribution in [0.15, 0.2) is 18.2 Å². The van der Waals surface area contributed by atoms with Gasteiger partial charge in [0, 0.05) is 18.2 Å². The number of amides is 2. The maximum absolute atomic E-state index is 13.3. The highest BCUT2D eigenvalue weighted by molar-refractivity contribution is 7.99. The molecule has 0 radical (unpaired) electrons. The van der Waals surface area contributed by atoms with Gasteiger partial charge < -0.3 is 4.74 Å². The largest absolute Gasteiger partial charge is 0.465 e. The summed E-state index contributed by atoms with van der Waals surface area (Å²) >= 11 is 1.19. The van der Waals surface area contributed by atoms with Crippen LogP contribution < -0.4 is 4.90 Å². The quantitative estimate of drug-likeness (QED) is 0.585. The second-order valence-electron chi connectivity index (χ2n) is 4.92. The summed E-state index contributed by atoms with van der Waals surface area (Å²) in [6.07, 6.45) is -0.0488. The lowest BCUT2D eigenvalue weighted by Crippen LogP contribution is -2.31. The highest BCUT2D eigenvalue weighted by atomic mass is 32.2. The molecule has 1 aromatic carbocycles. The number of hydrogen-bond acceptors (Lipinski definition) is 5. The first kappa shape index (κ1) is 17.4. The third kappa shape index (κ3) is 4.28. The molecular formula is C15H15F2NO4S. The number of imide groups is 1. The molecule has 1 aliphatic rings. The van der Waals surface area contributed by atoms with E-state index in [1.807, 2.05) is 0 Å². The van der Waals surface area contributed by atoms with Gasteiger partial charge >= 0.3 is 5.97 Å². The Balaban J connectivity index is 2.01. The van der Waals surface area contributed by atoms with Crippen molar-refractivity contribution in [3.8, 4) is 0 Å². The molecule has 0 saturated carbocycles. The highest BCUT2D eigenvalue weighted by Crippen LogP contribution is 2.29. The van der Waals surface area contributed by atoms with E-state index in [2.05, 4.69) is 0 Å². The van der Waals surface area contributed by atoms with Gasteiger partial charge in [0.1, 0.15) is 11.6 Å². The minimum Gasteiger partial charge on any atom is -0.465 e. The molecule has 23 heavy (non-hydrogen) atoms. The minimum atomic E-state index is -0.860. The molecular weight excluding hydrogens is 328 g/mol. The van der Waals surface area contributed by atoms with Crippen LogP contribution in [0.4, 0.5) is 14.5 Å². The van der Waals surface area contributed by atoms with E-state index >= 15 is 0 Å². The first-order chi connectivity index (χ1) is 10.9. The molecule has 1 aliphatic heterocycles. The van der Waals surface area contributed by atoms with Crippen molar-refractivity contribution in [2.75, 3.05) is 23.0 Å². The van der Waals surface area contributed by atoms with Gasteiger partial charge in [-0.3, -0.25) is 19.3 Å². The molecule has 124 valence electrons. The normalized spacial score (nSPS) is 17.7.